The van der Waals surface area contributed by atoms with Gasteiger partial charge in [0.25, 0.3) is 5.91 Å². The summed E-state index contributed by atoms with van der Waals surface area (Å²) < 4.78 is 0. The molecule has 0 radical (unpaired) electrons. The van der Waals surface area contributed by atoms with Crippen LogP contribution in [0.4, 0.5) is 0 Å². The Kier molecular flexibility index (Phi) is 2.82. The minimum atomic E-state index is -0.355. The molecule has 6 nitrogen and oxygen atoms in total. The van der Waals surface area contributed by atoms with Crippen molar-refractivity contribution in [2.24, 2.45) is 11.7 Å². The van der Waals surface area contributed by atoms with E-state index < -0.39 is 0 Å². The standard InChI is InChI=1S/C10H16N4O2/c1-6(11)7-2-3-14(5-7)9(15)8-4-12-10(16)13-8/h4,6-7H,2-3,5,11H2,1H3,(H2,12,13,16). The zero-order valence-corrected chi connectivity index (χ0v) is 9.19. The molecule has 1 saturated heterocycles. The lowest BCUT2D eigenvalue weighted by Crippen LogP contribution is -2.33. The highest BCUT2D eigenvalue weighted by molar-refractivity contribution is 5.92. The van der Waals surface area contributed by atoms with Gasteiger partial charge in [0.1, 0.15) is 5.69 Å². The van der Waals surface area contributed by atoms with E-state index in [1.165, 1.54) is 6.20 Å². The zero-order valence-electron chi connectivity index (χ0n) is 9.19. The number of imidazole rings is 1. The maximum atomic E-state index is 11.9. The Morgan fingerprint density at radius 3 is 2.94 bits per heavy atom. The van der Waals surface area contributed by atoms with Crippen LogP contribution < -0.4 is 11.4 Å². The van der Waals surface area contributed by atoms with Gasteiger partial charge >= 0.3 is 5.69 Å². The molecular weight excluding hydrogens is 208 g/mol. The maximum absolute atomic E-state index is 11.9. The SMILES string of the molecule is CC(N)C1CCN(C(=O)c2c[nH]c(=O)[nH]2)C1. The van der Waals surface area contributed by atoms with Crippen molar-refractivity contribution in [1.29, 1.82) is 0 Å². The van der Waals surface area contributed by atoms with Gasteiger partial charge in [-0.15, -0.1) is 0 Å². The molecule has 1 amide bonds. The fourth-order valence-electron chi connectivity index (χ4n) is 2.02. The molecule has 2 unspecified atom stereocenters. The molecule has 0 bridgehead atoms. The molecule has 0 aromatic carbocycles. The first kappa shape index (κ1) is 10.9. The van der Waals surface area contributed by atoms with Crippen LogP contribution in [0.2, 0.25) is 0 Å². The molecule has 1 aliphatic rings. The Hall–Kier alpha value is -1.56. The van der Waals surface area contributed by atoms with E-state index in [9.17, 15) is 9.59 Å². The predicted molar refractivity (Wildman–Crippen MR) is 59.1 cm³/mol. The molecule has 1 fully saturated rings. The molecule has 1 aliphatic heterocycles. The molecule has 6 heteroatoms. The van der Waals surface area contributed by atoms with Crippen LogP contribution in [0.25, 0.3) is 0 Å². The Balaban J connectivity index is 2.05. The molecule has 2 atom stereocenters. The van der Waals surface area contributed by atoms with Gasteiger partial charge in [-0.2, -0.15) is 0 Å². The van der Waals surface area contributed by atoms with E-state index in [1.807, 2.05) is 6.92 Å². The van der Waals surface area contributed by atoms with Crippen LogP contribution in [0.3, 0.4) is 0 Å². The fourth-order valence-corrected chi connectivity index (χ4v) is 2.02. The van der Waals surface area contributed by atoms with Crippen molar-refractivity contribution >= 4 is 5.91 Å². The quantitative estimate of drug-likeness (QED) is 0.632. The topological polar surface area (TPSA) is 95.0 Å². The van der Waals surface area contributed by atoms with Gasteiger partial charge in [0.2, 0.25) is 0 Å². The molecule has 1 aromatic heterocycles. The molecule has 2 rings (SSSR count). The number of nitrogens with one attached hydrogen (secondary N) is 2. The lowest BCUT2D eigenvalue weighted by atomic mass is 10.0. The molecule has 0 spiro atoms. The van der Waals surface area contributed by atoms with E-state index in [0.29, 0.717) is 24.7 Å². The molecule has 0 saturated carbocycles. The average Bonchev–Trinajstić information content (AvgIpc) is 2.84. The van der Waals surface area contributed by atoms with Gasteiger partial charge in [-0.1, -0.05) is 0 Å². The van der Waals surface area contributed by atoms with E-state index in [-0.39, 0.29) is 17.6 Å². The van der Waals surface area contributed by atoms with Crippen LogP contribution in [0.15, 0.2) is 11.0 Å². The number of H-pyrrole nitrogens is 2. The van der Waals surface area contributed by atoms with E-state index in [2.05, 4.69) is 9.97 Å². The summed E-state index contributed by atoms with van der Waals surface area (Å²) in [6.45, 7) is 3.33. The highest BCUT2D eigenvalue weighted by Crippen LogP contribution is 2.19. The first-order valence-electron chi connectivity index (χ1n) is 5.40. The third-order valence-corrected chi connectivity index (χ3v) is 3.08. The van der Waals surface area contributed by atoms with Crippen molar-refractivity contribution in [2.45, 2.75) is 19.4 Å². The van der Waals surface area contributed by atoms with Crippen LogP contribution in [-0.2, 0) is 0 Å². The number of likely N-dealkylation sites (tertiary alicyclic amines) is 1. The second kappa shape index (κ2) is 4.13. The minimum absolute atomic E-state index is 0.100. The van der Waals surface area contributed by atoms with Crippen LogP contribution in [0.1, 0.15) is 23.8 Å². The number of carbonyl (C=O) groups is 1. The smallest absolute Gasteiger partial charge is 0.323 e. The zero-order chi connectivity index (χ0) is 11.7. The third-order valence-electron chi connectivity index (χ3n) is 3.08. The van der Waals surface area contributed by atoms with Gasteiger partial charge in [0.15, 0.2) is 0 Å². The van der Waals surface area contributed by atoms with Crippen molar-refractivity contribution in [3.05, 3.63) is 22.4 Å². The monoisotopic (exact) mass is 224 g/mol. The summed E-state index contributed by atoms with van der Waals surface area (Å²) in [6, 6.07) is 0.100. The van der Waals surface area contributed by atoms with Crippen molar-refractivity contribution in [1.82, 2.24) is 14.9 Å². The largest absolute Gasteiger partial charge is 0.337 e. The summed E-state index contributed by atoms with van der Waals surface area (Å²) >= 11 is 0. The molecule has 88 valence electrons. The van der Waals surface area contributed by atoms with Crippen molar-refractivity contribution in [2.75, 3.05) is 13.1 Å². The normalized spacial score (nSPS) is 22.4. The second-order valence-corrected chi connectivity index (χ2v) is 4.32. The number of rotatable bonds is 2. The van der Waals surface area contributed by atoms with Crippen LogP contribution in [0.5, 0.6) is 0 Å². The molecule has 2 heterocycles. The van der Waals surface area contributed by atoms with Gasteiger partial charge in [-0.05, 0) is 19.3 Å². The van der Waals surface area contributed by atoms with Crippen LogP contribution in [-0.4, -0.2) is 39.9 Å². The van der Waals surface area contributed by atoms with Gasteiger partial charge in [0, 0.05) is 25.3 Å². The highest BCUT2D eigenvalue weighted by atomic mass is 16.2. The Labute approximate surface area is 92.8 Å². The number of hydrogen-bond donors (Lipinski definition) is 3. The van der Waals surface area contributed by atoms with Crippen molar-refractivity contribution < 1.29 is 4.79 Å². The van der Waals surface area contributed by atoms with Gasteiger partial charge in [-0.3, -0.25) is 4.79 Å². The van der Waals surface area contributed by atoms with Gasteiger partial charge in [0.05, 0.1) is 0 Å². The van der Waals surface area contributed by atoms with Crippen LogP contribution >= 0.6 is 0 Å². The summed E-state index contributed by atoms with van der Waals surface area (Å²) in [6.07, 6.45) is 2.34. The van der Waals surface area contributed by atoms with E-state index in [4.69, 9.17) is 5.73 Å². The number of aromatic amines is 2. The Morgan fingerprint density at radius 1 is 1.69 bits per heavy atom. The number of aromatic nitrogens is 2. The first-order chi connectivity index (χ1) is 7.58. The summed E-state index contributed by atoms with van der Waals surface area (Å²) in [5.74, 6) is 0.219. The molecule has 4 N–H and O–H groups in total. The van der Waals surface area contributed by atoms with Gasteiger partial charge in [-0.25, -0.2) is 4.79 Å². The van der Waals surface area contributed by atoms with Gasteiger partial charge < -0.3 is 20.6 Å². The molecule has 0 aliphatic carbocycles. The molecular formula is C10H16N4O2. The summed E-state index contributed by atoms with van der Waals surface area (Å²) in [5.41, 5.74) is 5.76. The van der Waals surface area contributed by atoms with Crippen molar-refractivity contribution in [3.63, 3.8) is 0 Å². The number of amides is 1. The number of nitrogens with two attached hydrogens (primary N) is 1. The number of hydrogen-bond acceptors (Lipinski definition) is 3. The first-order valence-corrected chi connectivity index (χ1v) is 5.40. The van der Waals surface area contributed by atoms with Crippen molar-refractivity contribution in [3.8, 4) is 0 Å². The lowest BCUT2D eigenvalue weighted by molar-refractivity contribution is 0.0780. The summed E-state index contributed by atoms with van der Waals surface area (Å²) in [4.78, 5) is 29.4. The number of nitrogens with zero attached hydrogens (tertiary/aromatic N) is 1. The summed E-state index contributed by atoms with van der Waals surface area (Å²) in [7, 11) is 0. The highest BCUT2D eigenvalue weighted by Gasteiger charge is 2.29. The minimum Gasteiger partial charge on any atom is -0.337 e. The third kappa shape index (κ3) is 2.01. The van der Waals surface area contributed by atoms with E-state index in [0.717, 1.165) is 6.42 Å². The number of carbonyl (C=O) groups excluding carboxylic acids is 1. The maximum Gasteiger partial charge on any atom is 0.323 e. The Bertz CT molecular complexity index is 434. The predicted octanol–water partition coefficient (Wildman–Crippen LogP) is -0.488. The molecule has 1 aromatic rings. The van der Waals surface area contributed by atoms with E-state index >= 15 is 0 Å². The average molecular weight is 224 g/mol. The van der Waals surface area contributed by atoms with E-state index in [1.54, 1.807) is 4.90 Å². The molecule has 16 heavy (non-hydrogen) atoms. The van der Waals surface area contributed by atoms with Crippen LogP contribution in [0, 0.1) is 5.92 Å². The second-order valence-electron chi connectivity index (χ2n) is 4.32. The lowest BCUT2D eigenvalue weighted by Gasteiger charge is -2.17. The Morgan fingerprint density at radius 2 is 2.44 bits per heavy atom. The summed E-state index contributed by atoms with van der Waals surface area (Å²) in [5, 5.41) is 0. The fraction of sp³-hybridized carbons (Fsp3) is 0.600.